The molecule has 0 bridgehead atoms. The highest BCUT2D eigenvalue weighted by Crippen LogP contribution is 2.38. The van der Waals surface area contributed by atoms with Crippen molar-refractivity contribution in [1.82, 2.24) is 15.4 Å². The Bertz CT molecular complexity index is 756. The molecule has 0 saturated carbocycles. The summed E-state index contributed by atoms with van der Waals surface area (Å²) in [5.74, 6) is 1.21. The van der Waals surface area contributed by atoms with Crippen LogP contribution in [0.4, 0.5) is 0 Å². The molecule has 1 aromatic carbocycles. The van der Waals surface area contributed by atoms with Crippen LogP contribution < -0.4 is 10.1 Å². The molecule has 4 rings (SSSR count). The van der Waals surface area contributed by atoms with Gasteiger partial charge in [-0.05, 0) is 38.1 Å². The zero-order valence-corrected chi connectivity index (χ0v) is 13.7. The highest BCUT2D eigenvalue weighted by atomic mass is 16.5. The number of nitrogens with zero attached hydrogens (tertiary/aromatic N) is 2. The molecule has 0 unspecified atom stereocenters. The largest absolute Gasteiger partial charge is 0.488 e. The molecule has 1 amide bonds. The monoisotopic (exact) mass is 327 g/mol. The number of hydrogen-bond donors (Lipinski definition) is 1. The molecule has 3 heterocycles. The lowest BCUT2D eigenvalue weighted by atomic mass is 10.0. The third-order valence-corrected chi connectivity index (χ3v) is 4.91. The summed E-state index contributed by atoms with van der Waals surface area (Å²) in [7, 11) is 0. The van der Waals surface area contributed by atoms with Gasteiger partial charge in [-0.25, -0.2) is 0 Å². The highest BCUT2D eigenvalue weighted by molar-refractivity contribution is 5.95. The summed E-state index contributed by atoms with van der Waals surface area (Å²) in [5, 5.41) is 7.01. The number of fused-ring (bicyclic) bond motifs is 3. The number of carbonyl (C=O) groups excluding carboxylic acids is 1. The van der Waals surface area contributed by atoms with Crippen molar-refractivity contribution in [1.29, 1.82) is 0 Å². The van der Waals surface area contributed by atoms with Crippen molar-refractivity contribution in [2.75, 3.05) is 19.6 Å². The van der Waals surface area contributed by atoms with Crippen molar-refractivity contribution in [3.8, 4) is 17.1 Å². The second kappa shape index (κ2) is 6.28. The van der Waals surface area contributed by atoms with Crippen LogP contribution >= 0.6 is 0 Å². The molecular weight excluding hydrogens is 306 g/mol. The van der Waals surface area contributed by atoms with E-state index in [1.165, 1.54) is 6.42 Å². The molecule has 1 fully saturated rings. The van der Waals surface area contributed by atoms with Crippen molar-refractivity contribution in [2.24, 2.45) is 0 Å². The molecule has 6 heteroatoms. The molecular formula is C18H21N3O3. The molecule has 1 atom stereocenters. The molecule has 2 aromatic rings. The minimum Gasteiger partial charge on any atom is -0.488 e. The summed E-state index contributed by atoms with van der Waals surface area (Å²) in [6, 6.07) is 8.05. The van der Waals surface area contributed by atoms with E-state index in [4.69, 9.17) is 9.26 Å². The fraction of sp³-hybridized carbons (Fsp3) is 0.444. The van der Waals surface area contributed by atoms with Gasteiger partial charge in [-0.1, -0.05) is 24.2 Å². The highest BCUT2D eigenvalue weighted by Gasteiger charge is 2.29. The lowest BCUT2D eigenvalue weighted by Gasteiger charge is -2.22. The second-order valence-corrected chi connectivity index (χ2v) is 6.26. The standard InChI is InChI=1S/C18H21N3O3/c1-2-21-9-5-6-12(21)10-19-18(22)16-14-11-23-15-8-4-3-7-13(15)17(14)24-20-16/h3-4,7-8,12H,2,5-6,9-11H2,1H3,(H,19,22)/t12-/m0/s1. The first kappa shape index (κ1) is 15.2. The first-order valence-electron chi connectivity index (χ1n) is 8.51. The average Bonchev–Trinajstić information content (AvgIpc) is 3.26. The Morgan fingerprint density at radius 1 is 1.42 bits per heavy atom. The third-order valence-electron chi connectivity index (χ3n) is 4.91. The van der Waals surface area contributed by atoms with E-state index < -0.39 is 0 Å². The van der Waals surface area contributed by atoms with E-state index >= 15 is 0 Å². The quantitative estimate of drug-likeness (QED) is 0.934. The van der Waals surface area contributed by atoms with Crippen molar-refractivity contribution in [2.45, 2.75) is 32.4 Å². The Kier molecular flexibility index (Phi) is 3.98. The summed E-state index contributed by atoms with van der Waals surface area (Å²) >= 11 is 0. The SMILES string of the molecule is CCN1CCC[C@H]1CNC(=O)c1noc2c1COc1ccccc1-2. The number of amides is 1. The number of nitrogens with one attached hydrogen (secondary N) is 1. The molecule has 0 aliphatic carbocycles. The van der Waals surface area contributed by atoms with Crippen LogP contribution in [-0.4, -0.2) is 41.6 Å². The number of aromatic nitrogens is 1. The second-order valence-electron chi connectivity index (χ2n) is 6.26. The van der Waals surface area contributed by atoms with E-state index in [9.17, 15) is 4.79 Å². The van der Waals surface area contributed by atoms with Crippen molar-refractivity contribution >= 4 is 5.91 Å². The minimum atomic E-state index is -0.189. The number of para-hydroxylation sites is 1. The van der Waals surface area contributed by atoms with Crippen LogP contribution in [0, 0.1) is 0 Å². The van der Waals surface area contributed by atoms with Gasteiger partial charge in [0, 0.05) is 12.6 Å². The fourth-order valence-electron chi connectivity index (χ4n) is 3.60. The van der Waals surface area contributed by atoms with Crippen LogP contribution in [-0.2, 0) is 6.61 Å². The van der Waals surface area contributed by atoms with Gasteiger partial charge in [0.25, 0.3) is 5.91 Å². The van der Waals surface area contributed by atoms with Gasteiger partial charge in [0.05, 0.1) is 11.1 Å². The molecule has 2 aliphatic heterocycles. The molecule has 0 radical (unpaired) electrons. The molecule has 0 spiro atoms. The number of ether oxygens (including phenoxy) is 1. The lowest BCUT2D eigenvalue weighted by molar-refractivity contribution is 0.0930. The normalized spacial score (nSPS) is 19.5. The van der Waals surface area contributed by atoms with Crippen molar-refractivity contribution < 1.29 is 14.1 Å². The fourth-order valence-corrected chi connectivity index (χ4v) is 3.60. The maximum Gasteiger partial charge on any atom is 0.273 e. The van der Waals surface area contributed by atoms with Gasteiger partial charge in [0.1, 0.15) is 12.4 Å². The predicted octanol–water partition coefficient (Wildman–Crippen LogP) is 2.45. The molecule has 1 aromatic heterocycles. The van der Waals surface area contributed by atoms with Crippen LogP contribution in [0.25, 0.3) is 11.3 Å². The number of likely N-dealkylation sites (N-methyl/N-ethyl adjacent to an activating group) is 1. The number of carbonyl (C=O) groups is 1. The van der Waals surface area contributed by atoms with E-state index in [0.717, 1.165) is 36.4 Å². The van der Waals surface area contributed by atoms with Gasteiger partial charge in [-0.3, -0.25) is 9.69 Å². The van der Waals surface area contributed by atoms with Crippen LogP contribution in [0.2, 0.25) is 0 Å². The number of likely N-dealkylation sites (tertiary alicyclic amines) is 1. The van der Waals surface area contributed by atoms with Crippen molar-refractivity contribution in [3.63, 3.8) is 0 Å². The summed E-state index contributed by atoms with van der Waals surface area (Å²) in [6.07, 6.45) is 2.32. The number of hydrogen-bond acceptors (Lipinski definition) is 5. The molecule has 1 saturated heterocycles. The van der Waals surface area contributed by atoms with Crippen LogP contribution in [0.15, 0.2) is 28.8 Å². The van der Waals surface area contributed by atoms with E-state index in [-0.39, 0.29) is 5.91 Å². The summed E-state index contributed by atoms with van der Waals surface area (Å²) < 4.78 is 11.2. The van der Waals surface area contributed by atoms with Crippen LogP contribution in [0.3, 0.4) is 0 Å². The van der Waals surface area contributed by atoms with Crippen LogP contribution in [0.1, 0.15) is 35.8 Å². The van der Waals surface area contributed by atoms with E-state index in [1.807, 2.05) is 24.3 Å². The molecule has 24 heavy (non-hydrogen) atoms. The summed E-state index contributed by atoms with van der Waals surface area (Å²) in [4.78, 5) is 14.9. The van der Waals surface area contributed by atoms with Gasteiger partial charge in [0.15, 0.2) is 11.5 Å². The zero-order valence-electron chi connectivity index (χ0n) is 13.7. The van der Waals surface area contributed by atoms with Gasteiger partial charge in [-0.2, -0.15) is 0 Å². The Hall–Kier alpha value is -2.34. The minimum absolute atomic E-state index is 0.189. The Labute approximate surface area is 140 Å². The number of benzene rings is 1. The van der Waals surface area contributed by atoms with Crippen molar-refractivity contribution in [3.05, 3.63) is 35.5 Å². The number of rotatable bonds is 4. The zero-order chi connectivity index (χ0) is 16.5. The van der Waals surface area contributed by atoms with Gasteiger partial charge < -0.3 is 14.6 Å². The maximum atomic E-state index is 12.5. The van der Waals surface area contributed by atoms with Gasteiger partial charge in [0.2, 0.25) is 0 Å². The van der Waals surface area contributed by atoms with E-state index in [2.05, 4.69) is 22.3 Å². The summed E-state index contributed by atoms with van der Waals surface area (Å²) in [6.45, 7) is 5.24. The molecule has 1 N–H and O–H groups in total. The van der Waals surface area contributed by atoms with E-state index in [0.29, 0.717) is 30.6 Å². The van der Waals surface area contributed by atoms with E-state index in [1.54, 1.807) is 0 Å². The molecule has 126 valence electrons. The smallest absolute Gasteiger partial charge is 0.273 e. The topological polar surface area (TPSA) is 67.6 Å². The van der Waals surface area contributed by atoms with Gasteiger partial charge >= 0.3 is 0 Å². The Morgan fingerprint density at radius 2 is 2.29 bits per heavy atom. The lowest BCUT2D eigenvalue weighted by Crippen LogP contribution is -2.40. The Morgan fingerprint density at radius 3 is 3.17 bits per heavy atom. The molecule has 2 aliphatic rings. The first-order chi connectivity index (χ1) is 11.8. The maximum absolute atomic E-state index is 12.5. The Balaban J connectivity index is 1.50. The predicted molar refractivity (Wildman–Crippen MR) is 88.9 cm³/mol. The summed E-state index contributed by atoms with van der Waals surface area (Å²) in [5.41, 5.74) is 1.91. The average molecular weight is 327 g/mol. The first-order valence-corrected chi connectivity index (χ1v) is 8.51. The van der Waals surface area contributed by atoms with Gasteiger partial charge in [-0.15, -0.1) is 0 Å². The third kappa shape index (κ3) is 2.57. The van der Waals surface area contributed by atoms with Crippen LogP contribution in [0.5, 0.6) is 5.75 Å². The molecule has 6 nitrogen and oxygen atoms in total.